The third kappa shape index (κ3) is 8.56. The minimum Gasteiger partial charge on any atom is -0.357 e. The van der Waals surface area contributed by atoms with E-state index in [-0.39, 0.29) is 0 Å². The van der Waals surface area contributed by atoms with Gasteiger partial charge in [0.05, 0.1) is 12.8 Å². The van der Waals surface area contributed by atoms with Gasteiger partial charge >= 0.3 is 0 Å². The molecular weight excluding hydrogens is 344 g/mol. The van der Waals surface area contributed by atoms with Crippen LogP contribution in [0.25, 0.3) is 0 Å². The number of nitrogens with one attached hydrogen (secondary N) is 3. The summed E-state index contributed by atoms with van der Waals surface area (Å²) < 4.78 is 24.5. The third-order valence-electron chi connectivity index (χ3n) is 3.20. The predicted octanol–water partition coefficient (Wildman–Crippen LogP) is 1.71. The standard InChI is InChI=1S/C16H28N4O2S2/c1-5-17-16(18-9-6-10-20-24(4,21)22)19-12-14-8-7-13(2)11-15(14)23-3/h7-8,11,20H,5-6,9-10,12H2,1-4H3,(H2,17,18,19). The number of hydrogen-bond donors (Lipinski definition) is 3. The number of hydrogen-bond acceptors (Lipinski definition) is 4. The van der Waals surface area contributed by atoms with Crippen molar-refractivity contribution in [1.82, 2.24) is 15.4 Å². The Morgan fingerprint density at radius 2 is 2.00 bits per heavy atom. The summed E-state index contributed by atoms with van der Waals surface area (Å²) in [4.78, 5) is 5.85. The zero-order valence-electron chi connectivity index (χ0n) is 14.8. The second kappa shape index (κ2) is 10.6. The molecule has 0 spiro atoms. The molecule has 0 heterocycles. The summed E-state index contributed by atoms with van der Waals surface area (Å²) in [7, 11) is -3.12. The fourth-order valence-electron chi connectivity index (χ4n) is 2.04. The molecule has 3 N–H and O–H groups in total. The average molecular weight is 373 g/mol. The number of aryl methyl sites for hydroxylation is 1. The maximum atomic E-state index is 11.0. The molecular formula is C16H28N4O2S2. The zero-order chi connectivity index (χ0) is 18.0. The van der Waals surface area contributed by atoms with Gasteiger partial charge in [-0.15, -0.1) is 11.8 Å². The quantitative estimate of drug-likeness (QED) is 0.266. The van der Waals surface area contributed by atoms with Crippen LogP contribution in [0.15, 0.2) is 28.1 Å². The number of sulfonamides is 1. The van der Waals surface area contributed by atoms with Crippen LogP contribution in [0.2, 0.25) is 0 Å². The average Bonchev–Trinajstić information content (AvgIpc) is 2.51. The fourth-order valence-corrected chi connectivity index (χ4v) is 3.25. The zero-order valence-corrected chi connectivity index (χ0v) is 16.5. The SMILES string of the molecule is CCNC(=NCc1ccc(C)cc1SC)NCCCNS(C)(=O)=O. The van der Waals surface area contributed by atoms with Crippen LogP contribution in [0.3, 0.4) is 0 Å². The molecule has 8 heteroatoms. The van der Waals surface area contributed by atoms with Gasteiger partial charge in [-0.25, -0.2) is 18.1 Å². The van der Waals surface area contributed by atoms with E-state index in [1.807, 2.05) is 6.92 Å². The molecule has 1 aromatic rings. The molecule has 136 valence electrons. The first-order valence-corrected chi connectivity index (χ1v) is 11.1. The van der Waals surface area contributed by atoms with Gasteiger partial charge in [-0.3, -0.25) is 0 Å². The summed E-state index contributed by atoms with van der Waals surface area (Å²) in [5.74, 6) is 0.740. The number of thioether (sulfide) groups is 1. The Morgan fingerprint density at radius 3 is 2.62 bits per heavy atom. The van der Waals surface area contributed by atoms with Crippen molar-refractivity contribution in [3.8, 4) is 0 Å². The monoisotopic (exact) mass is 372 g/mol. The smallest absolute Gasteiger partial charge is 0.208 e. The summed E-state index contributed by atoms with van der Waals surface area (Å²) >= 11 is 1.73. The van der Waals surface area contributed by atoms with E-state index in [2.05, 4.69) is 51.7 Å². The molecule has 1 aromatic carbocycles. The topological polar surface area (TPSA) is 82.6 Å². The first-order chi connectivity index (χ1) is 11.4. The lowest BCUT2D eigenvalue weighted by Gasteiger charge is -2.12. The molecule has 0 saturated carbocycles. The Hall–Kier alpha value is -1.25. The molecule has 0 unspecified atom stereocenters. The van der Waals surface area contributed by atoms with Gasteiger partial charge in [-0.2, -0.15) is 0 Å². The van der Waals surface area contributed by atoms with E-state index in [1.165, 1.54) is 16.0 Å². The van der Waals surface area contributed by atoms with Gasteiger partial charge in [-0.05, 0) is 43.7 Å². The van der Waals surface area contributed by atoms with Gasteiger partial charge in [-0.1, -0.05) is 12.1 Å². The molecule has 0 bridgehead atoms. The molecule has 0 amide bonds. The Morgan fingerprint density at radius 1 is 1.25 bits per heavy atom. The van der Waals surface area contributed by atoms with Crippen molar-refractivity contribution in [2.45, 2.75) is 31.7 Å². The molecule has 0 fully saturated rings. The van der Waals surface area contributed by atoms with Crippen molar-refractivity contribution >= 4 is 27.7 Å². The minimum absolute atomic E-state index is 0.416. The minimum atomic E-state index is -3.12. The number of aliphatic imine (C=N–C) groups is 1. The highest BCUT2D eigenvalue weighted by molar-refractivity contribution is 7.98. The Labute approximate surface area is 150 Å². The normalized spacial score (nSPS) is 12.2. The highest BCUT2D eigenvalue weighted by Gasteiger charge is 2.03. The molecule has 0 aliphatic heterocycles. The molecule has 0 radical (unpaired) electrons. The second-order valence-corrected chi connectivity index (χ2v) is 8.14. The van der Waals surface area contributed by atoms with Gasteiger partial charge in [0.25, 0.3) is 0 Å². The van der Waals surface area contributed by atoms with E-state index < -0.39 is 10.0 Å². The van der Waals surface area contributed by atoms with Crippen LogP contribution in [0.4, 0.5) is 0 Å². The van der Waals surface area contributed by atoms with Crippen LogP contribution >= 0.6 is 11.8 Å². The lowest BCUT2D eigenvalue weighted by atomic mass is 10.1. The first-order valence-electron chi connectivity index (χ1n) is 7.96. The van der Waals surface area contributed by atoms with Crippen LogP contribution in [-0.2, 0) is 16.6 Å². The summed E-state index contributed by atoms with van der Waals surface area (Å²) in [6, 6.07) is 6.39. The van der Waals surface area contributed by atoms with Crippen LogP contribution < -0.4 is 15.4 Å². The maximum absolute atomic E-state index is 11.0. The maximum Gasteiger partial charge on any atom is 0.208 e. The van der Waals surface area contributed by atoms with Gasteiger partial charge < -0.3 is 10.6 Å². The number of guanidine groups is 1. The second-order valence-electron chi connectivity index (χ2n) is 5.46. The van der Waals surface area contributed by atoms with Crippen LogP contribution in [0, 0.1) is 6.92 Å². The van der Waals surface area contributed by atoms with E-state index in [1.54, 1.807) is 11.8 Å². The predicted molar refractivity (Wildman–Crippen MR) is 103 cm³/mol. The van der Waals surface area contributed by atoms with Crippen molar-refractivity contribution in [2.75, 3.05) is 32.1 Å². The van der Waals surface area contributed by atoms with Crippen molar-refractivity contribution in [3.05, 3.63) is 29.3 Å². The molecule has 0 saturated heterocycles. The highest BCUT2D eigenvalue weighted by atomic mass is 32.2. The lowest BCUT2D eigenvalue weighted by molar-refractivity contribution is 0.584. The Balaban J connectivity index is 2.56. The molecule has 6 nitrogen and oxygen atoms in total. The summed E-state index contributed by atoms with van der Waals surface area (Å²) in [5, 5.41) is 6.43. The van der Waals surface area contributed by atoms with Gasteiger partial charge in [0, 0.05) is 24.5 Å². The van der Waals surface area contributed by atoms with E-state index in [4.69, 9.17) is 0 Å². The van der Waals surface area contributed by atoms with Crippen LogP contribution in [0.1, 0.15) is 24.5 Å². The van der Waals surface area contributed by atoms with E-state index >= 15 is 0 Å². The van der Waals surface area contributed by atoms with Crippen molar-refractivity contribution in [3.63, 3.8) is 0 Å². The third-order valence-corrected chi connectivity index (χ3v) is 4.75. The molecule has 0 aliphatic carbocycles. The number of nitrogens with zero attached hydrogens (tertiary/aromatic N) is 1. The van der Waals surface area contributed by atoms with Gasteiger partial charge in [0.2, 0.25) is 10.0 Å². The van der Waals surface area contributed by atoms with E-state index in [9.17, 15) is 8.42 Å². The van der Waals surface area contributed by atoms with Crippen molar-refractivity contribution in [2.24, 2.45) is 4.99 Å². The van der Waals surface area contributed by atoms with Crippen LogP contribution in [-0.4, -0.2) is 46.5 Å². The molecule has 1 rings (SSSR count). The van der Waals surface area contributed by atoms with Crippen molar-refractivity contribution < 1.29 is 8.42 Å². The number of rotatable bonds is 9. The summed E-state index contributed by atoms with van der Waals surface area (Å²) in [5.41, 5.74) is 2.44. The molecule has 24 heavy (non-hydrogen) atoms. The molecule has 0 aliphatic rings. The summed E-state index contributed by atoms with van der Waals surface area (Å²) in [6.45, 7) is 6.55. The molecule has 0 aromatic heterocycles. The van der Waals surface area contributed by atoms with Crippen LogP contribution in [0.5, 0.6) is 0 Å². The fraction of sp³-hybridized carbons (Fsp3) is 0.562. The lowest BCUT2D eigenvalue weighted by Crippen LogP contribution is -2.38. The van der Waals surface area contributed by atoms with Gasteiger partial charge in [0.15, 0.2) is 5.96 Å². The number of benzene rings is 1. The van der Waals surface area contributed by atoms with E-state index in [0.29, 0.717) is 26.1 Å². The largest absolute Gasteiger partial charge is 0.357 e. The van der Waals surface area contributed by atoms with Crippen molar-refractivity contribution in [1.29, 1.82) is 0 Å². The Kier molecular flexibility index (Phi) is 9.17. The first kappa shape index (κ1) is 20.8. The van der Waals surface area contributed by atoms with E-state index in [0.717, 1.165) is 18.8 Å². The highest BCUT2D eigenvalue weighted by Crippen LogP contribution is 2.22. The Bertz CT molecular complexity index is 645. The summed E-state index contributed by atoms with van der Waals surface area (Å²) in [6.07, 6.45) is 3.93. The molecule has 0 atom stereocenters. The van der Waals surface area contributed by atoms with Gasteiger partial charge in [0.1, 0.15) is 0 Å².